The normalized spacial score (nSPS) is 19.6. The van der Waals surface area contributed by atoms with E-state index in [9.17, 15) is 4.79 Å². The van der Waals surface area contributed by atoms with Crippen molar-refractivity contribution in [2.75, 3.05) is 0 Å². The average molecular weight is 380 g/mol. The van der Waals surface area contributed by atoms with Gasteiger partial charge in [0.25, 0.3) is 5.56 Å². The highest BCUT2D eigenvalue weighted by Gasteiger charge is 2.48. The van der Waals surface area contributed by atoms with Gasteiger partial charge in [0, 0.05) is 23.4 Å². The second kappa shape index (κ2) is 5.59. The molecule has 3 heterocycles. The Labute approximate surface area is 151 Å². The van der Waals surface area contributed by atoms with Gasteiger partial charge in [-0.2, -0.15) is 5.10 Å². The molecule has 1 aliphatic carbocycles. The molecular weight excluding hydrogens is 369 g/mol. The lowest BCUT2D eigenvalue weighted by Crippen LogP contribution is -2.18. The lowest BCUT2D eigenvalue weighted by molar-refractivity contribution is 0.672. The first-order valence-electron chi connectivity index (χ1n) is 7.25. The van der Waals surface area contributed by atoms with Crippen LogP contribution in [0.15, 0.2) is 16.9 Å². The van der Waals surface area contributed by atoms with Crippen molar-refractivity contribution in [2.24, 2.45) is 0 Å². The van der Waals surface area contributed by atoms with Crippen molar-refractivity contribution in [3.8, 4) is 0 Å². The zero-order chi connectivity index (χ0) is 17.0. The van der Waals surface area contributed by atoms with Crippen LogP contribution in [0.4, 0.5) is 0 Å². The smallest absolute Gasteiger partial charge is 0.259 e. The van der Waals surface area contributed by atoms with Crippen LogP contribution in [0.2, 0.25) is 10.3 Å². The van der Waals surface area contributed by atoms with Crippen molar-refractivity contribution in [3.05, 3.63) is 60.5 Å². The monoisotopic (exact) mass is 379 g/mol. The number of thiazole rings is 1. The largest absolute Gasteiger partial charge is 0.313 e. The molecule has 9 heteroatoms. The molecule has 4 rings (SSSR count). The maximum Gasteiger partial charge on any atom is 0.259 e. The maximum atomic E-state index is 12.6. The van der Waals surface area contributed by atoms with E-state index in [1.54, 1.807) is 10.5 Å². The Morgan fingerprint density at radius 2 is 2.25 bits per heavy atom. The van der Waals surface area contributed by atoms with Crippen molar-refractivity contribution >= 4 is 39.5 Å². The third-order valence-electron chi connectivity index (χ3n) is 4.07. The Hall–Kier alpha value is -1.88. The SMILES string of the molecule is [C-]#[N+]C1CC1c1c(C)sc2nc(Cn3nc(Cl)cc3Cl)cc(=O)n12. The summed E-state index contributed by atoms with van der Waals surface area (Å²) >= 11 is 13.3. The summed E-state index contributed by atoms with van der Waals surface area (Å²) < 4.78 is 3.14. The molecule has 1 aliphatic rings. The molecule has 0 aromatic carbocycles. The molecule has 0 amide bonds. The molecule has 122 valence electrons. The summed E-state index contributed by atoms with van der Waals surface area (Å²) in [7, 11) is 0. The second-order valence-electron chi connectivity index (χ2n) is 5.73. The van der Waals surface area contributed by atoms with Gasteiger partial charge in [-0.15, -0.1) is 11.3 Å². The molecule has 1 fully saturated rings. The van der Waals surface area contributed by atoms with Gasteiger partial charge in [-0.05, 0) is 6.92 Å². The van der Waals surface area contributed by atoms with E-state index in [0.717, 1.165) is 17.0 Å². The second-order valence-corrected chi connectivity index (χ2v) is 7.69. The number of fused-ring (bicyclic) bond motifs is 1. The summed E-state index contributed by atoms with van der Waals surface area (Å²) in [5.41, 5.74) is 1.37. The summed E-state index contributed by atoms with van der Waals surface area (Å²) in [6.07, 6.45) is 0.811. The number of hydrogen-bond donors (Lipinski definition) is 0. The Bertz CT molecular complexity index is 1060. The first kappa shape index (κ1) is 15.6. The van der Waals surface area contributed by atoms with E-state index in [1.165, 1.54) is 22.1 Å². The van der Waals surface area contributed by atoms with Crippen molar-refractivity contribution < 1.29 is 0 Å². The van der Waals surface area contributed by atoms with Crippen LogP contribution in [0.25, 0.3) is 9.81 Å². The van der Waals surface area contributed by atoms with E-state index in [4.69, 9.17) is 29.8 Å². The Morgan fingerprint density at radius 1 is 1.46 bits per heavy atom. The van der Waals surface area contributed by atoms with Gasteiger partial charge in [0.05, 0.1) is 23.9 Å². The average Bonchev–Trinajstić information content (AvgIpc) is 3.11. The Balaban J connectivity index is 1.78. The highest BCUT2D eigenvalue weighted by atomic mass is 35.5. The van der Waals surface area contributed by atoms with Crippen LogP contribution in [0, 0.1) is 13.5 Å². The molecule has 6 nitrogen and oxygen atoms in total. The van der Waals surface area contributed by atoms with E-state index < -0.39 is 0 Å². The van der Waals surface area contributed by atoms with Crippen molar-refractivity contribution in [2.45, 2.75) is 31.8 Å². The van der Waals surface area contributed by atoms with Crippen LogP contribution in [-0.2, 0) is 6.54 Å². The number of hydrogen-bond acceptors (Lipinski definition) is 4. The fourth-order valence-corrected chi connectivity index (χ4v) is 4.41. The maximum absolute atomic E-state index is 12.6. The molecule has 1 saturated carbocycles. The third kappa shape index (κ3) is 2.51. The van der Waals surface area contributed by atoms with Crippen LogP contribution < -0.4 is 5.56 Å². The molecule has 3 aromatic rings. The molecule has 0 bridgehead atoms. The summed E-state index contributed by atoms with van der Waals surface area (Å²) in [5.74, 6) is 0.140. The van der Waals surface area contributed by atoms with E-state index in [1.807, 2.05) is 6.92 Å². The molecule has 0 spiro atoms. The number of nitrogens with zero attached hydrogens (tertiary/aromatic N) is 5. The molecule has 0 aliphatic heterocycles. The fraction of sp³-hybridized carbons (Fsp3) is 0.333. The quantitative estimate of drug-likeness (QED) is 0.655. The Morgan fingerprint density at radius 3 is 2.88 bits per heavy atom. The zero-order valence-corrected chi connectivity index (χ0v) is 14.9. The lowest BCUT2D eigenvalue weighted by atomic mass is 10.2. The number of aromatic nitrogens is 4. The minimum absolute atomic E-state index is 0.0156. The van der Waals surface area contributed by atoms with E-state index >= 15 is 0 Å². The molecule has 2 unspecified atom stereocenters. The number of halogens is 2. The molecule has 3 aromatic heterocycles. The van der Waals surface area contributed by atoms with Gasteiger partial charge in [0.2, 0.25) is 6.04 Å². The van der Waals surface area contributed by atoms with Crippen LogP contribution in [-0.4, -0.2) is 25.2 Å². The summed E-state index contributed by atoms with van der Waals surface area (Å²) in [5, 5.41) is 4.76. The summed E-state index contributed by atoms with van der Waals surface area (Å²) in [6.45, 7) is 9.40. The third-order valence-corrected chi connectivity index (χ3v) is 5.53. The van der Waals surface area contributed by atoms with Crippen LogP contribution in [0.1, 0.15) is 28.6 Å². The molecule has 24 heavy (non-hydrogen) atoms. The highest BCUT2D eigenvalue weighted by molar-refractivity contribution is 7.17. The van der Waals surface area contributed by atoms with Gasteiger partial charge >= 0.3 is 0 Å². The van der Waals surface area contributed by atoms with Gasteiger partial charge in [-0.1, -0.05) is 23.2 Å². The molecule has 0 saturated heterocycles. The number of rotatable bonds is 3. The molecule has 0 N–H and O–H groups in total. The van der Waals surface area contributed by atoms with Crippen LogP contribution >= 0.6 is 34.5 Å². The van der Waals surface area contributed by atoms with Gasteiger partial charge in [-0.25, -0.2) is 16.2 Å². The summed E-state index contributed by atoms with van der Waals surface area (Å²) in [4.78, 5) is 22.4. The van der Waals surface area contributed by atoms with Crippen molar-refractivity contribution in [3.63, 3.8) is 0 Å². The minimum atomic E-state index is -0.139. The first-order chi connectivity index (χ1) is 11.5. The van der Waals surface area contributed by atoms with Crippen LogP contribution in [0.3, 0.4) is 0 Å². The van der Waals surface area contributed by atoms with Gasteiger partial charge in [-0.3, -0.25) is 9.20 Å². The number of aryl methyl sites for hydroxylation is 1. The van der Waals surface area contributed by atoms with Crippen molar-refractivity contribution in [1.29, 1.82) is 0 Å². The first-order valence-corrected chi connectivity index (χ1v) is 8.82. The Kier molecular flexibility index (Phi) is 3.64. The predicted octanol–water partition coefficient (Wildman–Crippen LogP) is 3.39. The topological polar surface area (TPSA) is 56.5 Å². The van der Waals surface area contributed by atoms with E-state index in [-0.39, 0.29) is 24.1 Å². The molecule has 0 radical (unpaired) electrons. The van der Waals surface area contributed by atoms with E-state index in [2.05, 4.69) is 14.9 Å². The molecule has 2 atom stereocenters. The van der Waals surface area contributed by atoms with Crippen molar-refractivity contribution in [1.82, 2.24) is 19.2 Å². The van der Waals surface area contributed by atoms with Gasteiger partial charge < -0.3 is 4.85 Å². The van der Waals surface area contributed by atoms with Gasteiger partial charge in [0.1, 0.15) is 5.15 Å². The fourth-order valence-electron chi connectivity index (χ4n) is 2.90. The standard InChI is InChI=1S/C15H11Cl2N5OS/c1-7-14(9-4-10(9)18-2)22-13(23)3-8(19-15(22)24-7)6-21-12(17)5-11(16)20-21/h3,5,9-10H,4,6H2,1H3. The highest BCUT2D eigenvalue weighted by Crippen LogP contribution is 2.46. The molecular formula is C15H11Cl2N5OS. The van der Waals surface area contributed by atoms with Crippen LogP contribution in [0.5, 0.6) is 0 Å². The lowest BCUT2D eigenvalue weighted by Gasteiger charge is -2.04. The van der Waals surface area contributed by atoms with E-state index in [0.29, 0.717) is 21.0 Å². The summed E-state index contributed by atoms with van der Waals surface area (Å²) in [6, 6.07) is 3.02. The predicted molar refractivity (Wildman–Crippen MR) is 93.2 cm³/mol. The van der Waals surface area contributed by atoms with Gasteiger partial charge in [0.15, 0.2) is 10.1 Å². The minimum Gasteiger partial charge on any atom is -0.313 e. The zero-order valence-electron chi connectivity index (χ0n) is 12.5.